The van der Waals surface area contributed by atoms with Crippen molar-refractivity contribution in [2.75, 3.05) is 11.9 Å². The summed E-state index contributed by atoms with van der Waals surface area (Å²) in [4.78, 5) is 12.1. The number of amides is 1. The summed E-state index contributed by atoms with van der Waals surface area (Å²) in [6.07, 6.45) is 1.06. The Bertz CT molecular complexity index is 380. The van der Waals surface area contributed by atoms with Crippen molar-refractivity contribution in [3.05, 3.63) is 30.3 Å². The van der Waals surface area contributed by atoms with E-state index in [1.54, 1.807) is 6.92 Å². The van der Waals surface area contributed by atoms with Gasteiger partial charge in [-0.2, -0.15) is 0 Å². The van der Waals surface area contributed by atoms with Gasteiger partial charge < -0.3 is 15.8 Å². The number of anilines is 1. The highest BCUT2D eigenvalue weighted by atomic mass is 16.5. The quantitative estimate of drug-likeness (QED) is 0.795. The van der Waals surface area contributed by atoms with Gasteiger partial charge in [-0.1, -0.05) is 32.0 Å². The van der Waals surface area contributed by atoms with Crippen molar-refractivity contribution in [3.63, 3.8) is 0 Å². The molecule has 3 N–H and O–H groups in total. The third-order valence-electron chi connectivity index (χ3n) is 3.50. The van der Waals surface area contributed by atoms with Crippen LogP contribution in [0.4, 0.5) is 5.69 Å². The number of nitrogens with two attached hydrogens (primary N) is 1. The fourth-order valence-corrected chi connectivity index (χ4v) is 1.95. The van der Waals surface area contributed by atoms with Crippen LogP contribution in [0.5, 0.6) is 0 Å². The lowest BCUT2D eigenvalue weighted by molar-refractivity contribution is -0.140. The fraction of sp³-hybridized carbons (Fsp3) is 0.533. The van der Waals surface area contributed by atoms with E-state index in [9.17, 15) is 4.79 Å². The second-order valence-corrected chi connectivity index (χ2v) is 4.71. The van der Waals surface area contributed by atoms with Crippen molar-refractivity contribution < 1.29 is 9.53 Å². The summed E-state index contributed by atoms with van der Waals surface area (Å²) >= 11 is 0. The molecule has 1 atom stereocenters. The molecule has 1 aromatic rings. The largest absolute Gasteiger partial charge is 0.361 e. The van der Waals surface area contributed by atoms with E-state index in [2.05, 4.69) is 5.32 Å². The number of nitrogens with one attached hydrogen (secondary N) is 1. The van der Waals surface area contributed by atoms with Gasteiger partial charge in [0.1, 0.15) is 6.10 Å². The number of rotatable bonds is 7. The molecule has 0 saturated carbocycles. The maximum atomic E-state index is 12.1. The number of ether oxygens (including phenoxy) is 1. The minimum Gasteiger partial charge on any atom is -0.361 e. The number of carbonyl (C=O) groups excluding carboxylic acids is 1. The van der Waals surface area contributed by atoms with E-state index in [0.717, 1.165) is 18.5 Å². The third-order valence-corrected chi connectivity index (χ3v) is 3.50. The van der Waals surface area contributed by atoms with Gasteiger partial charge in [0, 0.05) is 12.2 Å². The van der Waals surface area contributed by atoms with E-state index in [-0.39, 0.29) is 5.91 Å². The monoisotopic (exact) mass is 264 g/mol. The molecular weight excluding hydrogens is 240 g/mol. The van der Waals surface area contributed by atoms with Crippen LogP contribution >= 0.6 is 0 Å². The molecule has 0 heterocycles. The van der Waals surface area contributed by atoms with Gasteiger partial charge in [-0.25, -0.2) is 0 Å². The van der Waals surface area contributed by atoms with Gasteiger partial charge in [0.15, 0.2) is 0 Å². The van der Waals surface area contributed by atoms with Crippen LogP contribution in [0.15, 0.2) is 30.3 Å². The molecule has 1 unspecified atom stereocenters. The van der Waals surface area contributed by atoms with E-state index in [4.69, 9.17) is 10.5 Å². The average molecular weight is 264 g/mol. The first kappa shape index (κ1) is 15.7. The Morgan fingerprint density at radius 1 is 1.32 bits per heavy atom. The van der Waals surface area contributed by atoms with E-state index in [1.807, 2.05) is 44.2 Å². The van der Waals surface area contributed by atoms with Crippen LogP contribution in [0.1, 0.15) is 33.6 Å². The Hall–Kier alpha value is -1.39. The number of carbonyl (C=O) groups is 1. The lowest BCUT2D eigenvalue weighted by Crippen LogP contribution is -2.45. The van der Waals surface area contributed by atoms with Gasteiger partial charge in [0.2, 0.25) is 0 Å². The van der Waals surface area contributed by atoms with Gasteiger partial charge in [-0.15, -0.1) is 0 Å². The summed E-state index contributed by atoms with van der Waals surface area (Å²) in [5.41, 5.74) is 6.14. The van der Waals surface area contributed by atoms with Gasteiger partial charge in [-0.3, -0.25) is 4.79 Å². The van der Waals surface area contributed by atoms with E-state index < -0.39 is 11.7 Å². The molecule has 4 nitrogen and oxygen atoms in total. The predicted molar refractivity (Wildman–Crippen MR) is 78.0 cm³/mol. The maximum Gasteiger partial charge on any atom is 0.253 e. The molecule has 0 aromatic heterocycles. The van der Waals surface area contributed by atoms with Crippen LogP contribution in [0, 0.1) is 0 Å². The standard InChI is InChI=1S/C15H24N2O2/c1-4-15(5-2,11-16)19-12(3)14(18)17-13-9-7-6-8-10-13/h6-10,12H,4-5,11,16H2,1-3H3,(H,17,18). The Kier molecular flexibility index (Phi) is 5.99. The summed E-state index contributed by atoms with van der Waals surface area (Å²) < 4.78 is 5.88. The molecule has 1 rings (SSSR count). The van der Waals surface area contributed by atoms with Crippen molar-refractivity contribution in [1.29, 1.82) is 0 Å². The Morgan fingerprint density at radius 2 is 1.89 bits per heavy atom. The fourth-order valence-electron chi connectivity index (χ4n) is 1.95. The highest BCUT2D eigenvalue weighted by Crippen LogP contribution is 2.21. The van der Waals surface area contributed by atoms with E-state index >= 15 is 0 Å². The van der Waals surface area contributed by atoms with Crippen LogP contribution in [-0.2, 0) is 9.53 Å². The summed E-state index contributed by atoms with van der Waals surface area (Å²) in [6.45, 7) is 6.23. The first-order valence-corrected chi connectivity index (χ1v) is 6.80. The highest BCUT2D eigenvalue weighted by molar-refractivity contribution is 5.93. The van der Waals surface area contributed by atoms with Gasteiger partial charge >= 0.3 is 0 Å². The summed E-state index contributed by atoms with van der Waals surface area (Å²) in [7, 11) is 0. The summed E-state index contributed by atoms with van der Waals surface area (Å²) in [5, 5.41) is 2.83. The smallest absolute Gasteiger partial charge is 0.253 e. The Balaban J connectivity index is 2.62. The predicted octanol–water partition coefficient (Wildman–Crippen LogP) is 2.55. The maximum absolute atomic E-state index is 12.1. The minimum atomic E-state index is -0.524. The molecule has 1 aromatic carbocycles. The van der Waals surface area contributed by atoms with Crippen molar-refractivity contribution >= 4 is 11.6 Å². The van der Waals surface area contributed by atoms with Crippen molar-refractivity contribution in [2.24, 2.45) is 5.73 Å². The SMILES string of the molecule is CCC(CC)(CN)OC(C)C(=O)Nc1ccccc1. The molecule has 106 valence electrons. The zero-order valence-corrected chi connectivity index (χ0v) is 12.0. The van der Waals surface area contributed by atoms with Crippen molar-refractivity contribution in [3.8, 4) is 0 Å². The van der Waals surface area contributed by atoms with Crippen molar-refractivity contribution in [1.82, 2.24) is 0 Å². The second kappa shape index (κ2) is 7.26. The van der Waals surface area contributed by atoms with Crippen LogP contribution in [0.2, 0.25) is 0 Å². The van der Waals surface area contributed by atoms with Gasteiger partial charge in [0.25, 0.3) is 5.91 Å². The molecule has 0 aliphatic carbocycles. The second-order valence-electron chi connectivity index (χ2n) is 4.71. The normalized spacial score (nSPS) is 13.1. The third kappa shape index (κ3) is 4.33. The topological polar surface area (TPSA) is 64.3 Å². The number of hydrogen-bond acceptors (Lipinski definition) is 3. The Morgan fingerprint density at radius 3 is 2.37 bits per heavy atom. The van der Waals surface area contributed by atoms with Crippen LogP contribution in [0.3, 0.4) is 0 Å². The van der Waals surface area contributed by atoms with Gasteiger partial charge in [-0.05, 0) is 31.9 Å². The molecular formula is C15H24N2O2. The molecule has 1 amide bonds. The molecule has 0 fully saturated rings. The number of hydrogen-bond donors (Lipinski definition) is 2. The van der Waals surface area contributed by atoms with Crippen molar-refractivity contribution in [2.45, 2.75) is 45.3 Å². The van der Waals surface area contributed by atoms with Crippen LogP contribution in [0.25, 0.3) is 0 Å². The van der Waals surface area contributed by atoms with E-state index in [0.29, 0.717) is 6.54 Å². The molecule has 0 radical (unpaired) electrons. The summed E-state index contributed by atoms with van der Waals surface area (Å²) in [6, 6.07) is 9.36. The molecule has 0 aliphatic rings. The lowest BCUT2D eigenvalue weighted by Gasteiger charge is -2.33. The average Bonchev–Trinajstić information content (AvgIpc) is 2.45. The number of para-hydroxylation sites is 1. The molecule has 0 spiro atoms. The molecule has 0 bridgehead atoms. The van der Waals surface area contributed by atoms with Crippen LogP contribution in [-0.4, -0.2) is 24.2 Å². The number of benzene rings is 1. The van der Waals surface area contributed by atoms with Gasteiger partial charge in [0.05, 0.1) is 5.60 Å². The van der Waals surface area contributed by atoms with E-state index in [1.165, 1.54) is 0 Å². The molecule has 0 saturated heterocycles. The zero-order chi connectivity index (χ0) is 14.3. The summed E-state index contributed by atoms with van der Waals surface area (Å²) in [5.74, 6) is -0.147. The minimum absolute atomic E-state index is 0.147. The molecule has 19 heavy (non-hydrogen) atoms. The first-order valence-electron chi connectivity index (χ1n) is 6.80. The molecule has 0 aliphatic heterocycles. The zero-order valence-electron chi connectivity index (χ0n) is 12.0. The first-order chi connectivity index (χ1) is 9.06. The Labute approximate surface area is 115 Å². The molecule has 4 heteroatoms. The lowest BCUT2D eigenvalue weighted by atomic mass is 9.97. The highest BCUT2D eigenvalue weighted by Gasteiger charge is 2.30. The van der Waals surface area contributed by atoms with Crippen LogP contribution < -0.4 is 11.1 Å².